The smallest absolute Gasteiger partial charge is 0.308 e. The third-order valence-corrected chi connectivity index (χ3v) is 14.4. The number of ether oxygens (including phenoxy) is 1. The molecule has 0 amide bonds. The molecule has 3 saturated heterocycles. The first-order valence-electron chi connectivity index (χ1n) is 17.5. The molecule has 0 bridgehead atoms. The Morgan fingerprint density at radius 1 is 1.15 bits per heavy atom. The second-order valence-corrected chi connectivity index (χ2v) is 17.2. The van der Waals surface area contributed by atoms with Crippen molar-refractivity contribution in [3.05, 3.63) is 27.4 Å². The lowest BCUT2D eigenvalue weighted by Crippen LogP contribution is -2.62. The molecular formula is C34H49ClF2N4O4S. The fourth-order valence-electron chi connectivity index (χ4n) is 9.83. The van der Waals surface area contributed by atoms with Gasteiger partial charge in [-0.05, 0) is 88.9 Å². The van der Waals surface area contributed by atoms with Gasteiger partial charge in [0.15, 0.2) is 0 Å². The number of rotatable bonds is 7. The highest BCUT2D eigenvalue weighted by Crippen LogP contribution is 2.50. The van der Waals surface area contributed by atoms with Crippen molar-refractivity contribution in [1.82, 2.24) is 19.8 Å². The van der Waals surface area contributed by atoms with E-state index in [-0.39, 0.29) is 70.5 Å². The molecule has 3 aliphatic heterocycles. The van der Waals surface area contributed by atoms with Crippen LogP contribution in [0.4, 0.5) is 8.78 Å². The van der Waals surface area contributed by atoms with Crippen LogP contribution in [0.25, 0.3) is 0 Å². The molecule has 0 radical (unpaired) electrons. The monoisotopic (exact) mass is 682 g/mol. The third kappa shape index (κ3) is 6.41. The van der Waals surface area contributed by atoms with Crippen LogP contribution in [0.15, 0.2) is 4.79 Å². The summed E-state index contributed by atoms with van der Waals surface area (Å²) in [7, 11) is 0. The van der Waals surface area contributed by atoms with Gasteiger partial charge >= 0.3 is 5.97 Å². The highest BCUT2D eigenvalue weighted by molar-refractivity contribution is 8.00. The van der Waals surface area contributed by atoms with E-state index in [2.05, 4.69) is 17.1 Å². The van der Waals surface area contributed by atoms with Crippen LogP contribution in [0.3, 0.4) is 0 Å². The maximum Gasteiger partial charge on any atom is 0.308 e. The molecule has 6 aliphatic rings. The Bertz CT molecular complexity index is 1360. The molecular weight excluding hydrogens is 634 g/mol. The first-order valence-corrected chi connectivity index (χ1v) is 19.0. The van der Waals surface area contributed by atoms with Gasteiger partial charge in [-0.15, -0.1) is 11.6 Å². The normalized spacial score (nSPS) is 38.6. The summed E-state index contributed by atoms with van der Waals surface area (Å²) < 4.78 is 35.9. The van der Waals surface area contributed by atoms with Gasteiger partial charge in [0, 0.05) is 66.0 Å². The van der Waals surface area contributed by atoms with Crippen molar-refractivity contribution in [3.63, 3.8) is 0 Å². The lowest BCUT2D eigenvalue weighted by molar-refractivity contribution is -0.142. The summed E-state index contributed by atoms with van der Waals surface area (Å²) in [4.78, 5) is 33.1. The van der Waals surface area contributed by atoms with Crippen LogP contribution < -0.4 is 10.9 Å². The molecule has 1 aromatic heterocycles. The van der Waals surface area contributed by atoms with Crippen molar-refractivity contribution in [2.24, 2.45) is 23.2 Å². The van der Waals surface area contributed by atoms with E-state index in [1.54, 1.807) is 16.3 Å². The number of thioether (sulfide) groups is 1. The third-order valence-electron chi connectivity index (χ3n) is 12.4. The van der Waals surface area contributed by atoms with E-state index in [9.17, 15) is 23.5 Å². The topological polar surface area (TPSA) is 96.7 Å². The minimum Gasteiger partial charge on any atom is -0.481 e. The number of hydrogen-bond donors (Lipinski definition) is 2. The molecule has 8 nitrogen and oxygen atoms in total. The van der Waals surface area contributed by atoms with Crippen molar-refractivity contribution in [2.45, 2.75) is 132 Å². The summed E-state index contributed by atoms with van der Waals surface area (Å²) in [5, 5.41) is 13.8. The Kier molecular flexibility index (Phi) is 9.31. The standard InChI is InChI=1S/C34H49ClF2N4O4S/c1-19-13-24(30-29(38-19)26(16-46-30)32(43)44)23-14-21(35)3-6-28(23)45-12-11-41-20(2)39-27-5-4-22(15-25(27)31(41)42)40-17-33(18-40)7-9-34(36,37)10-8-33/h19,21-24,26,28-30,38H,3-18H2,1-2H3,(H,43,44)/t19?,21?,22-,23?,24?,26?,28?,29?,30?/m1/s1. The summed E-state index contributed by atoms with van der Waals surface area (Å²) in [6.07, 6.45) is 7.22. The Labute approximate surface area is 279 Å². The molecule has 1 aromatic rings. The predicted octanol–water partition coefficient (Wildman–Crippen LogP) is 4.90. The van der Waals surface area contributed by atoms with Gasteiger partial charge in [0.25, 0.3) is 5.56 Å². The van der Waals surface area contributed by atoms with Gasteiger partial charge in [-0.1, -0.05) is 0 Å². The fourth-order valence-corrected chi connectivity index (χ4v) is 12.0. The quantitative estimate of drug-likeness (QED) is 0.393. The first-order chi connectivity index (χ1) is 21.9. The number of hydrogen-bond acceptors (Lipinski definition) is 7. The van der Waals surface area contributed by atoms with Gasteiger partial charge in [0.1, 0.15) is 5.82 Å². The van der Waals surface area contributed by atoms with E-state index in [4.69, 9.17) is 21.3 Å². The summed E-state index contributed by atoms with van der Waals surface area (Å²) in [5.74, 6) is -1.66. The highest BCUT2D eigenvalue weighted by atomic mass is 35.5. The van der Waals surface area contributed by atoms with Gasteiger partial charge in [-0.2, -0.15) is 11.8 Å². The van der Waals surface area contributed by atoms with Gasteiger partial charge < -0.3 is 15.2 Å². The van der Waals surface area contributed by atoms with Crippen LogP contribution >= 0.6 is 23.4 Å². The molecule has 46 heavy (non-hydrogen) atoms. The lowest BCUT2D eigenvalue weighted by Gasteiger charge is -2.56. The average Bonchev–Trinajstić information content (AvgIpc) is 3.42. The van der Waals surface area contributed by atoms with E-state index in [0.717, 1.165) is 68.7 Å². The molecule has 0 aromatic carbocycles. The Morgan fingerprint density at radius 3 is 2.65 bits per heavy atom. The van der Waals surface area contributed by atoms with E-state index >= 15 is 0 Å². The van der Waals surface area contributed by atoms with Crippen LogP contribution in [-0.2, 0) is 28.9 Å². The molecule has 3 aliphatic carbocycles. The Balaban J connectivity index is 0.994. The molecule has 5 fully saturated rings. The molecule has 12 heteroatoms. The van der Waals surface area contributed by atoms with Crippen molar-refractivity contribution in [2.75, 3.05) is 25.4 Å². The van der Waals surface area contributed by atoms with E-state index in [0.29, 0.717) is 44.1 Å². The van der Waals surface area contributed by atoms with Gasteiger partial charge in [-0.3, -0.25) is 19.1 Å². The molecule has 2 N–H and O–H groups in total. The first kappa shape index (κ1) is 33.2. The second-order valence-electron chi connectivity index (χ2n) is 15.4. The second kappa shape index (κ2) is 12.9. The van der Waals surface area contributed by atoms with E-state index in [1.165, 1.54) is 0 Å². The zero-order valence-electron chi connectivity index (χ0n) is 27.1. The molecule has 2 saturated carbocycles. The Hall–Kier alpha value is -1.27. The van der Waals surface area contributed by atoms with Crippen molar-refractivity contribution < 1.29 is 23.4 Å². The largest absolute Gasteiger partial charge is 0.481 e. The number of nitrogens with one attached hydrogen (secondary N) is 1. The van der Waals surface area contributed by atoms with Crippen molar-refractivity contribution >= 4 is 29.3 Å². The minimum absolute atomic E-state index is 0.000610. The summed E-state index contributed by atoms with van der Waals surface area (Å²) in [6, 6.07) is 0.469. The number of piperidine rings is 1. The molecule has 4 heterocycles. The number of alkyl halides is 3. The zero-order chi connectivity index (χ0) is 32.4. The lowest BCUT2D eigenvalue weighted by atomic mass is 9.66. The van der Waals surface area contributed by atoms with Gasteiger partial charge in [0.05, 0.1) is 30.9 Å². The SMILES string of the molecule is Cc1nc2c(c(=O)n1CCOC1CCC(Cl)CC1C1CC(C)NC3C(C(=O)O)CSC13)C[C@H](N1CC3(CCC(F)(F)CC3)C1)CC2. The number of halogens is 3. The highest BCUT2D eigenvalue weighted by Gasteiger charge is 2.53. The van der Waals surface area contributed by atoms with Crippen molar-refractivity contribution in [3.8, 4) is 0 Å². The maximum absolute atomic E-state index is 13.8. The van der Waals surface area contributed by atoms with Crippen LogP contribution in [0.1, 0.15) is 81.8 Å². The number of likely N-dealkylation sites (tertiary alicyclic amines) is 1. The van der Waals surface area contributed by atoms with Gasteiger partial charge in [-0.25, -0.2) is 13.8 Å². The minimum atomic E-state index is -2.51. The molecule has 9 atom stereocenters. The summed E-state index contributed by atoms with van der Waals surface area (Å²) >= 11 is 8.53. The van der Waals surface area contributed by atoms with E-state index < -0.39 is 11.9 Å². The number of carbonyl (C=O) groups is 1. The number of aryl methyl sites for hydroxylation is 2. The van der Waals surface area contributed by atoms with Gasteiger partial charge in [0.2, 0.25) is 5.92 Å². The number of carboxylic acids is 1. The summed E-state index contributed by atoms with van der Waals surface area (Å²) in [6.45, 7) is 6.64. The maximum atomic E-state index is 13.8. The van der Waals surface area contributed by atoms with Crippen LogP contribution in [0.2, 0.25) is 0 Å². The predicted molar refractivity (Wildman–Crippen MR) is 175 cm³/mol. The molecule has 1 spiro atoms. The molecule has 7 rings (SSSR count). The number of nitrogens with zero attached hydrogens (tertiary/aromatic N) is 3. The number of fused-ring (bicyclic) bond motifs is 2. The Morgan fingerprint density at radius 2 is 1.91 bits per heavy atom. The number of carboxylic acid groups (broad SMARTS) is 1. The number of aliphatic carboxylic acids is 1. The van der Waals surface area contributed by atoms with Crippen molar-refractivity contribution in [1.29, 1.82) is 0 Å². The van der Waals surface area contributed by atoms with Crippen LogP contribution in [0, 0.1) is 30.1 Å². The zero-order valence-corrected chi connectivity index (χ0v) is 28.6. The fraction of sp³-hybridized carbons (Fsp3) is 0.853. The summed E-state index contributed by atoms with van der Waals surface area (Å²) in [5.41, 5.74) is 1.78. The van der Waals surface area contributed by atoms with Crippen LogP contribution in [-0.4, -0.2) is 91.8 Å². The van der Waals surface area contributed by atoms with E-state index in [1.807, 2.05) is 6.92 Å². The molecule has 8 unspecified atom stereocenters. The number of aromatic nitrogens is 2. The van der Waals surface area contributed by atoms with Crippen LogP contribution in [0.5, 0.6) is 0 Å². The molecule has 256 valence electrons. The average molecular weight is 683 g/mol.